The lowest BCUT2D eigenvalue weighted by Gasteiger charge is -2.49. The van der Waals surface area contributed by atoms with E-state index in [1.807, 2.05) is 20.8 Å². The van der Waals surface area contributed by atoms with Crippen molar-refractivity contribution in [3.63, 3.8) is 0 Å². The lowest BCUT2D eigenvalue weighted by molar-refractivity contribution is -0.104. The fourth-order valence-electron chi connectivity index (χ4n) is 3.16. The molecule has 120 valence electrons. The number of carbonyl (C=O) groups excluding carboxylic acids is 1. The Morgan fingerprint density at radius 2 is 2.10 bits per heavy atom. The van der Waals surface area contributed by atoms with Gasteiger partial charge in [-0.05, 0) is 46.0 Å². The Labute approximate surface area is 127 Å². The van der Waals surface area contributed by atoms with Crippen molar-refractivity contribution in [3.05, 3.63) is 12.7 Å². The molecule has 2 rings (SSSR count). The van der Waals surface area contributed by atoms with Crippen LogP contribution in [-0.2, 0) is 4.74 Å². The molecule has 1 aliphatic heterocycles. The summed E-state index contributed by atoms with van der Waals surface area (Å²) in [7, 11) is 0. The zero-order valence-corrected chi connectivity index (χ0v) is 13.4. The fraction of sp³-hybridized carbons (Fsp3) is 0.812. The zero-order valence-electron chi connectivity index (χ0n) is 13.4. The number of rotatable bonds is 5. The average molecular weight is 296 g/mol. The van der Waals surface area contributed by atoms with Crippen LogP contribution in [0.5, 0.6) is 0 Å². The summed E-state index contributed by atoms with van der Waals surface area (Å²) < 4.78 is 5.24. The molecule has 0 aromatic rings. The van der Waals surface area contributed by atoms with Crippen LogP contribution >= 0.6 is 0 Å². The number of β-amino-alcohol motifs (C(OH)–C–C–N with tert-alkyl or cyclic N) is 1. The molecule has 2 aliphatic rings. The highest BCUT2D eigenvalue weighted by Gasteiger charge is 2.42. The Balaban J connectivity index is 1.58. The van der Waals surface area contributed by atoms with Crippen LogP contribution in [0.25, 0.3) is 0 Å². The maximum atomic E-state index is 11.6. The van der Waals surface area contributed by atoms with Gasteiger partial charge in [-0.3, -0.25) is 4.90 Å². The molecule has 0 bridgehead atoms. The number of hydrogen-bond donors (Lipinski definition) is 2. The Bertz CT molecular complexity index is 391. The van der Waals surface area contributed by atoms with Crippen molar-refractivity contribution in [1.29, 1.82) is 0 Å². The minimum Gasteiger partial charge on any atom is -0.444 e. The SMILES string of the molecule is C=CCC1(O)CN(CC2CC(NC(=O)OC(C)(C)C)C2)C1. The van der Waals surface area contributed by atoms with Crippen LogP contribution in [0, 0.1) is 5.92 Å². The number of aliphatic hydroxyl groups is 1. The van der Waals surface area contributed by atoms with Crippen molar-refractivity contribution in [2.45, 2.75) is 57.3 Å². The second-order valence-corrected chi connectivity index (χ2v) is 7.57. The molecular formula is C16H28N2O3. The molecule has 1 aliphatic carbocycles. The number of ether oxygens (including phenoxy) is 1. The molecule has 2 fully saturated rings. The lowest BCUT2D eigenvalue weighted by atomic mass is 9.78. The van der Waals surface area contributed by atoms with Gasteiger partial charge in [-0.15, -0.1) is 6.58 Å². The molecule has 2 N–H and O–H groups in total. The van der Waals surface area contributed by atoms with E-state index in [0.29, 0.717) is 12.3 Å². The first-order chi connectivity index (χ1) is 9.69. The highest BCUT2D eigenvalue weighted by molar-refractivity contribution is 5.68. The van der Waals surface area contributed by atoms with Crippen LogP contribution in [0.1, 0.15) is 40.0 Å². The first kappa shape index (κ1) is 16.3. The third-order valence-corrected chi connectivity index (χ3v) is 4.03. The average Bonchev–Trinajstić information content (AvgIpc) is 2.21. The maximum Gasteiger partial charge on any atom is 0.407 e. The van der Waals surface area contributed by atoms with Crippen LogP contribution in [0.3, 0.4) is 0 Å². The second-order valence-electron chi connectivity index (χ2n) is 7.57. The van der Waals surface area contributed by atoms with Crippen molar-refractivity contribution in [2.75, 3.05) is 19.6 Å². The summed E-state index contributed by atoms with van der Waals surface area (Å²) in [6.45, 7) is 11.7. The Hall–Kier alpha value is -1.07. The minimum atomic E-state index is -0.556. The van der Waals surface area contributed by atoms with Crippen LogP contribution < -0.4 is 5.32 Å². The van der Waals surface area contributed by atoms with Crippen molar-refractivity contribution >= 4 is 6.09 Å². The summed E-state index contributed by atoms with van der Waals surface area (Å²) in [6, 6.07) is 0.234. The molecule has 0 radical (unpaired) electrons. The standard InChI is InChI=1S/C16H28N2O3/c1-5-6-16(20)10-18(11-16)9-12-7-13(8-12)17-14(19)21-15(2,3)4/h5,12-13,20H,1,6-11H2,2-4H3,(H,17,19). The summed E-state index contributed by atoms with van der Waals surface area (Å²) in [4.78, 5) is 13.9. The van der Waals surface area contributed by atoms with Gasteiger partial charge in [0.05, 0.1) is 5.60 Å². The van der Waals surface area contributed by atoms with Gasteiger partial charge in [0.25, 0.3) is 0 Å². The van der Waals surface area contributed by atoms with E-state index in [-0.39, 0.29) is 12.1 Å². The molecule has 0 spiro atoms. The van der Waals surface area contributed by atoms with E-state index >= 15 is 0 Å². The monoisotopic (exact) mass is 296 g/mol. The van der Waals surface area contributed by atoms with E-state index in [9.17, 15) is 9.90 Å². The van der Waals surface area contributed by atoms with Crippen molar-refractivity contribution in [3.8, 4) is 0 Å². The molecule has 1 amide bonds. The van der Waals surface area contributed by atoms with Gasteiger partial charge in [0.2, 0.25) is 0 Å². The van der Waals surface area contributed by atoms with Gasteiger partial charge in [-0.25, -0.2) is 4.79 Å². The number of hydrogen-bond acceptors (Lipinski definition) is 4. The summed E-state index contributed by atoms with van der Waals surface area (Å²) in [5.41, 5.74) is -1.000. The molecule has 21 heavy (non-hydrogen) atoms. The third-order valence-electron chi connectivity index (χ3n) is 4.03. The number of amides is 1. The van der Waals surface area contributed by atoms with E-state index in [1.54, 1.807) is 6.08 Å². The molecule has 5 nitrogen and oxygen atoms in total. The van der Waals surface area contributed by atoms with Crippen molar-refractivity contribution in [1.82, 2.24) is 10.2 Å². The lowest BCUT2D eigenvalue weighted by Crippen LogP contribution is -2.63. The fourth-order valence-corrected chi connectivity index (χ4v) is 3.16. The molecular weight excluding hydrogens is 268 g/mol. The highest BCUT2D eigenvalue weighted by atomic mass is 16.6. The smallest absolute Gasteiger partial charge is 0.407 e. The van der Waals surface area contributed by atoms with E-state index in [4.69, 9.17) is 4.74 Å². The van der Waals surface area contributed by atoms with Crippen LogP contribution in [0.2, 0.25) is 0 Å². The van der Waals surface area contributed by atoms with Gasteiger partial charge < -0.3 is 15.2 Å². The molecule has 1 heterocycles. The zero-order chi connectivity index (χ0) is 15.7. The van der Waals surface area contributed by atoms with E-state index in [1.165, 1.54) is 0 Å². The second kappa shape index (κ2) is 5.97. The van der Waals surface area contributed by atoms with Gasteiger partial charge in [0.15, 0.2) is 0 Å². The van der Waals surface area contributed by atoms with Crippen molar-refractivity contribution < 1.29 is 14.6 Å². The Kier molecular flexibility index (Phi) is 4.63. The molecule has 0 atom stereocenters. The maximum absolute atomic E-state index is 11.6. The Morgan fingerprint density at radius 1 is 1.48 bits per heavy atom. The molecule has 1 saturated heterocycles. The first-order valence-electron chi connectivity index (χ1n) is 7.74. The minimum absolute atomic E-state index is 0.234. The third kappa shape index (κ3) is 4.71. The highest BCUT2D eigenvalue weighted by Crippen LogP contribution is 2.32. The summed E-state index contributed by atoms with van der Waals surface area (Å²) >= 11 is 0. The molecule has 1 saturated carbocycles. The number of nitrogens with one attached hydrogen (secondary N) is 1. The predicted molar refractivity (Wildman–Crippen MR) is 82.1 cm³/mol. The van der Waals surface area contributed by atoms with Gasteiger partial charge in [-0.2, -0.15) is 0 Å². The first-order valence-corrected chi connectivity index (χ1v) is 7.74. The largest absolute Gasteiger partial charge is 0.444 e. The summed E-state index contributed by atoms with van der Waals surface area (Å²) in [5, 5.41) is 13.0. The predicted octanol–water partition coefficient (Wildman–Crippen LogP) is 1.91. The Morgan fingerprint density at radius 3 is 2.62 bits per heavy atom. The van der Waals surface area contributed by atoms with Crippen LogP contribution in [0.4, 0.5) is 4.79 Å². The quantitative estimate of drug-likeness (QED) is 0.761. The molecule has 0 aromatic heterocycles. The summed E-state index contributed by atoms with van der Waals surface area (Å²) in [5.74, 6) is 0.609. The molecule has 5 heteroatoms. The van der Waals surface area contributed by atoms with Gasteiger partial charge >= 0.3 is 6.09 Å². The van der Waals surface area contributed by atoms with E-state index in [2.05, 4.69) is 16.8 Å². The topological polar surface area (TPSA) is 61.8 Å². The van der Waals surface area contributed by atoms with Gasteiger partial charge in [-0.1, -0.05) is 6.08 Å². The van der Waals surface area contributed by atoms with Gasteiger partial charge in [0, 0.05) is 25.7 Å². The number of carbonyl (C=O) groups is 1. The number of nitrogens with zero attached hydrogens (tertiary/aromatic N) is 1. The van der Waals surface area contributed by atoms with Crippen LogP contribution in [0.15, 0.2) is 12.7 Å². The van der Waals surface area contributed by atoms with Crippen molar-refractivity contribution in [2.24, 2.45) is 5.92 Å². The van der Waals surface area contributed by atoms with E-state index < -0.39 is 11.2 Å². The number of alkyl carbamates (subject to hydrolysis) is 1. The number of likely N-dealkylation sites (tertiary alicyclic amines) is 1. The summed E-state index contributed by atoms with van der Waals surface area (Å²) in [6.07, 6.45) is 4.11. The molecule has 0 aromatic carbocycles. The normalized spacial score (nSPS) is 28.2. The van der Waals surface area contributed by atoms with Crippen LogP contribution in [-0.4, -0.2) is 53.0 Å². The molecule has 0 unspecified atom stereocenters. The van der Waals surface area contributed by atoms with Gasteiger partial charge in [0.1, 0.15) is 5.60 Å². The van der Waals surface area contributed by atoms with E-state index in [0.717, 1.165) is 32.5 Å².